The summed E-state index contributed by atoms with van der Waals surface area (Å²) in [6, 6.07) is 24.0. The lowest BCUT2D eigenvalue weighted by Gasteiger charge is -2.13. The van der Waals surface area contributed by atoms with Gasteiger partial charge in [0.05, 0.1) is 0 Å². The molecule has 1 nitrogen and oxygen atoms in total. The number of nitrogens with one attached hydrogen (secondary N) is 1. The van der Waals surface area contributed by atoms with Crippen molar-refractivity contribution in [1.82, 2.24) is 4.98 Å². The van der Waals surface area contributed by atoms with Crippen LogP contribution in [0.4, 0.5) is 0 Å². The molecule has 4 rings (SSSR count). The highest BCUT2D eigenvalue weighted by atomic mass is 32.1. The average molecular weight is 343 g/mol. The van der Waals surface area contributed by atoms with Crippen LogP contribution in [0.25, 0.3) is 22.0 Å². The fourth-order valence-corrected chi connectivity index (χ4v) is 4.19. The van der Waals surface area contributed by atoms with E-state index >= 15 is 0 Å². The number of hydrogen-bond donors (Lipinski definition) is 1. The molecule has 4 aromatic rings. The number of H-pyrrole nitrogens is 1. The van der Waals surface area contributed by atoms with Crippen LogP contribution in [-0.4, -0.2) is 4.98 Å². The summed E-state index contributed by atoms with van der Waals surface area (Å²) in [5, 5.41) is 3.41. The molecule has 124 valence electrons. The molecule has 0 unspecified atom stereocenters. The lowest BCUT2D eigenvalue weighted by molar-refractivity contribution is 1.24. The summed E-state index contributed by atoms with van der Waals surface area (Å²) in [5.74, 6) is 0. The summed E-state index contributed by atoms with van der Waals surface area (Å²) in [5.41, 5.74) is 7.63. The van der Waals surface area contributed by atoms with Gasteiger partial charge in [0, 0.05) is 27.0 Å². The molecule has 0 saturated carbocycles. The predicted molar refractivity (Wildman–Crippen MR) is 110 cm³/mol. The molecule has 25 heavy (non-hydrogen) atoms. The Balaban J connectivity index is 1.99. The molecule has 0 atom stereocenters. The second-order valence-electron chi connectivity index (χ2n) is 6.32. The monoisotopic (exact) mass is 343 g/mol. The number of aromatic nitrogens is 1. The second kappa shape index (κ2) is 6.73. The largest absolute Gasteiger partial charge is 0.355 e. The van der Waals surface area contributed by atoms with Gasteiger partial charge in [0.1, 0.15) is 0 Å². The Morgan fingerprint density at radius 1 is 0.960 bits per heavy atom. The molecule has 2 aromatic carbocycles. The van der Waals surface area contributed by atoms with Gasteiger partial charge in [-0.1, -0.05) is 61.0 Å². The van der Waals surface area contributed by atoms with Crippen LogP contribution in [0.15, 0.2) is 72.1 Å². The molecule has 0 aliphatic heterocycles. The van der Waals surface area contributed by atoms with E-state index < -0.39 is 0 Å². The first-order chi connectivity index (χ1) is 12.3. The van der Waals surface area contributed by atoms with Crippen LogP contribution >= 0.6 is 11.3 Å². The zero-order valence-corrected chi connectivity index (χ0v) is 15.4. The van der Waals surface area contributed by atoms with E-state index in [4.69, 9.17) is 0 Å². The van der Waals surface area contributed by atoms with E-state index in [-0.39, 0.29) is 0 Å². The molecule has 2 heteroatoms. The van der Waals surface area contributed by atoms with Gasteiger partial charge in [0.25, 0.3) is 0 Å². The van der Waals surface area contributed by atoms with E-state index in [1.54, 1.807) is 0 Å². The highest BCUT2D eigenvalue weighted by Gasteiger charge is 2.15. The quantitative estimate of drug-likeness (QED) is 0.414. The third-order valence-corrected chi connectivity index (χ3v) is 5.54. The zero-order valence-electron chi connectivity index (χ0n) is 14.5. The third kappa shape index (κ3) is 3.06. The minimum atomic E-state index is 0.999. The first-order valence-electron chi connectivity index (χ1n) is 8.68. The van der Waals surface area contributed by atoms with E-state index in [0.29, 0.717) is 0 Å². The topological polar surface area (TPSA) is 15.8 Å². The minimum absolute atomic E-state index is 0.999. The third-order valence-electron chi connectivity index (χ3n) is 4.61. The molecule has 0 aliphatic rings. The normalized spacial score (nSPS) is 12.4. The van der Waals surface area contributed by atoms with Crippen LogP contribution in [0.3, 0.4) is 0 Å². The Bertz CT molecular complexity index is 985. The number of aryl methyl sites for hydroxylation is 1. The molecule has 0 bridgehead atoms. The average Bonchev–Trinajstić information content (AvgIpc) is 3.30. The van der Waals surface area contributed by atoms with Gasteiger partial charge in [0.2, 0.25) is 0 Å². The summed E-state index contributed by atoms with van der Waals surface area (Å²) in [6.45, 7) is 4.38. The number of para-hydroxylation sites is 1. The van der Waals surface area contributed by atoms with E-state index in [1.807, 2.05) is 11.3 Å². The Hall–Kier alpha value is -2.58. The van der Waals surface area contributed by atoms with Crippen molar-refractivity contribution >= 4 is 33.4 Å². The van der Waals surface area contributed by atoms with Gasteiger partial charge >= 0.3 is 0 Å². The van der Waals surface area contributed by atoms with Gasteiger partial charge in [-0.2, -0.15) is 0 Å². The van der Waals surface area contributed by atoms with Crippen LogP contribution < -0.4 is 0 Å². The molecule has 0 fully saturated rings. The molecule has 2 heterocycles. The smallest absolute Gasteiger partial charge is 0.0474 e. The Kier molecular flexibility index (Phi) is 4.29. The maximum absolute atomic E-state index is 3.63. The lowest BCUT2D eigenvalue weighted by Crippen LogP contribution is -1.94. The van der Waals surface area contributed by atoms with Crippen LogP contribution in [0.2, 0.25) is 0 Å². The van der Waals surface area contributed by atoms with Crippen molar-refractivity contribution in [2.75, 3.05) is 0 Å². The second-order valence-corrected chi connectivity index (χ2v) is 7.27. The minimum Gasteiger partial charge on any atom is -0.355 e. The predicted octanol–water partition coefficient (Wildman–Crippen LogP) is 6.91. The molecular weight excluding hydrogens is 322 g/mol. The van der Waals surface area contributed by atoms with Crippen LogP contribution in [0, 0.1) is 6.92 Å². The van der Waals surface area contributed by atoms with Crippen molar-refractivity contribution in [3.05, 3.63) is 93.8 Å². The summed E-state index contributed by atoms with van der Waals surface area (Å²) < 4.78 is 0. The SMILES string of the molecule is CC/C(=C(/c1ccc(C)cc1)c1cc2ccccc2[nH]1)c1cccs1. The van der Waals surface area contributed by atoms with Crippen molar-refractivity contribution in [3.8, 4) is 0 Å². The summed E-state index contributed by atoms with van der Waals surface area (Å²) in [7, 11) is 0. The molecule has 1 N–H and O–H groups in total. The van der Waals surface area contributed by atoms with Crippen molar-refractivity contribution in [1.29, 1.82) is 0 Å². The Labute approximate surface area is 152 Å². The standard InChI is InChI=1S/C23H21NS/c1-3-19(22-9-6-14-25-22)23(17-12-10-16(2)11-13-17)21-15-18-7-4-5-8-20(18)24-21/h4-15,24H,3H2,1-2H3/b23-19+. The maximum Gasteiger partial charge on any atom is 0.0474 e. The van der Waals surface area contributed by atoms with E-state index in [2.05, 4.69) is 90.9 Å². The van der Waals surface area contributed by atoms with Crippen molar-refractivity contribution in [3.63, 3.8) is 0 Å². The maximum atomic E-state index is 3.63. The number of fused-ring (bicyclic) bond motifs is 1. The first-order valence-corrected chi connectivity index (χ1v) is 9.56. The van der Waals surface area contributed by atoms with Gasteiger partial charge in [0.15, 0.2) is 0 Å². The van der Waals surface area contributed by atoms with Gasteiger partial charge in [-0.3, -0.25) is 0 Å². The van der Waals surface area contributed by atoms with Crippen molar-refractivity contribution in [2.45, 2.75) is 20.3 Å². The van der Waals surface area contributed by atoms with Crippen LogP contribution in [0.1, 0.15) is 35.0 Å². The van der Waals surface area contributed by atoms with Crippen LogP contribution in [-0.2, 0) is 0 Å². The summed E-state index contributed by atoms with van der Waals surface area (Å²) >= 11 is 1.81. The molecule has 0 amide bonds. The number of benzene rings is 2. The van der Waals surface area contributed by atoms with Gasteiger partial charge in [-0.25, -0.2) is 0 Å². The molecule has 0 radical (unpaired) electrons. The molecule has 0 saturated heterocycles. The Morgan fingerprint density at radius 3 is 2.44 bits per heavy atom. The number of aromatic amines is 1. The fraction of sp³-hybridized carbons (Fsp3) is 0.130. The summed E-state index contributed by atoms with van der Waals surface area (Å²) in [4.78, 5) is 4.98. The van der Waals surface area contributed by atoms with E-state index in [0.717, 1.165) is 6.42 Å². The van der Waals surface area contributed by atoms with Gasteiger partial charge in [-0.05, 0) is 48.1 Å². The molecule has 0 aliphatic carbocycles. The molecular formula is C23H21NS. The number of allylic oxidation sites excluding steroid dienone is 1. The number of thiophene rings is 1. The molecule has 0 spiro atoms. The van der Waals surface area contributed by atoms with Gasteiger partial charge in [-0.15, -0.1) is 11.3 Å². The highest BCUT2D eigenvalue weighted by Crippen LogP contribution is 2.36. The van der Waals surface area contributed by atoms with E-state index in [9.17, 15) is 0 Å². The van der Waals surface area contributed by atoms with Crippen molar-refractivity contribution < 1.29 is 0 Å². The summed E-state index contributed by atoms with van der Waals surface area (Å²) in [6.07, 6.45) is 0.999. The highest BCUT2D eigenvalue weighted by molar-refractivity contribution is 7.11. The lowest BCUT2D eigenvalue weighted by atomic mass is 9.94. The van der Waals surface area contributed by atoms with Gasteiger partial charge < -0.3 is 4.98 Å². The molecule has 2 aromatic heterocycles. The van der Waals surface area contributed by atoms with Crippen molar-refractivity contribution in [2.24, 2.45) is 0 Å². The number of hydrogen-bond acceptors (Lipinski definition) is 1. The fourth-order valence-electron chi connectivity index (χ4n) is 3.35. The number of rotatable bonds is 4. The van der Waals surface area contributed by atoms with E-state index in [1.165, 1.54) is 43.7 Å². The first kappa shape index (κ1) is 15.9. The zero-order chi connectivity index (χ0) is 17.2. The van der Waals surface area contributed by atoms with Crippen LogP contribution in [0.5, 0.6) is 0 Å². The Morgan fingerprint density at radius 2 is 1.76 bits per heavy atom.